The fourth-order valence-electron chi connectivity index (χ4n) is 1.46. The highest BCUT2D eigenvalue weighted by molar-refractivity contribution is 5.28. The molecule has 0 aliphatic carbocycles. The predicted octanol–water partition coefficient (Wildman–Crippen LogP) is 2.10. The van der Waals surface area contributed by atoms with Gasteiger partial charge in [0.25, 0.3) is 0 Å². The molecule has 0 saturated carbocycles. The van der Waals surface area contributed by atoms with E-state index in [0.717, 1.165) is 5.69 Å². The lowest BCUT2D eigenvalue weighted by Gasteiger charge is -2.05. The summed E-state index contributed by atoms with van der Waals surface area (Å²) in [5.41, 5.74) is 3.33. The summed E-state index contributed by atoms with van der Waals surface area (Å²) in [7, 11) is 0. The summed E-state index contributed by atoms with van der Waals surface area (Å²) in [4.78, 5) is 4.23. The third-order valence-corrected chi connectivity index (χ3v) is 2.21. The van der Waals surface area contributed by atoms with E-state index in [1.54, 1.807) is 6.20 Å². The average molecular weight is 214 g/mol. The van der Waals surface area contributed by atoms with Crippen molar-refractivity contribution in [3.8, 4) is 0 Å². The fraction of sp³-hybridized carbons (Fsp3) is 0.250. The van der Waals surface area contributed by atoms with E-state index in [0.29, 0.717) is 12.5 Å². The number of nitrogens with zero attached hydrogens (tertiary/aromatic N) is 3. The van der Waals surface area contributed by atoms with Crippen molar-refractivity contribution in [3.05, 3.63) is 47.3 Å². The number of aromatic nitrogens is 3. The van der Waals surface area contributed by atoms with Gasteiger partial charge in [-0.2, -0.15) is 5.10 Å². The van der Waals surface area contributed by atoms with Gasteiger partial charge < -0.3 is 5.32 Å². The normalized spacial score (nSPS) is 10.1. The molecule has 2 rings (SSSR count). The third-order valence-electron chi connectivity index (χ3n) is 2.21. The Balaban J connectivity index is 2.02. The van der Waals surface area contributed by atoms with Crippen molar-refractivity contribution >= 4 is 5.95 Å². The predicted molar refractivity (Wildman–Crippen MR) is 63.1 cm³/mol. The van der Waals surface area contributed by atoms with Gasteiger partial charge in [-0.25, -0.2) is 4.98 Å². The quantitative estimate of drug-likeness (QED) is 0.850. The monoisotopic (exact) mass is 214 g/mol. The molecule has 0 bridgehead atoms. The van der Waals surface area contributed by atoms with Gasteiger partial charge in [-0.1, -0.05) is 29.8 Å². The van der Waals surface area contributed by atoms with E-state index in [1.165, 1.54) is 11.1 Å². The first-order chi connectivity index (χ1) is 7.74. The van der Waals surface area contributed by atoms with Gasteiger partial charge in [0.2, 0.25) is 5.95 Å². The Hall–Kier alpha value is -1.97. The summed E-state index contributed by atoms with van der Waals surface area (Å²) in [6.07, 6.45) is 1.64. The van der Waals surface area contributed by atoms with Gasteiger partial charge in [-0.15, -0.1) is 5.10 Å². The zero-order valence-corrected chi connectivity index (χ0v) is 9.44. The van der Waals surface area contributed by atoms with Crippen molar-refractivity contribution in [2.45, 2.75) is 20.4 Å². The maximum absolute atomic E-state index is 4.23. The highest BCUT2D eigenvalue weighted by atomic mass is 15.2. The maximum atomic E-state index is 4.23. The molecule has 1 aromatic carbocycles. The van der Waals surface area contributed by atoms with Crippen LogP contribution in [0.4, 0.5) is 5.95 Å². The second-order valence-electron chi connectivity index (χ2n) is 3.76. The molecule has 0 atom stereocenters. The van der Waals surface area contributed by atoms with E-state index in [2.05, 4.69) is 45.6 Å². The molecule has 4 nitrogen and oxygen atoms in total. The van der Waals surface area contributed by atoms with E-state index in [4.69, 9.17) is 0 Å². The average Bonchev–Trinajstić information content (AvgIpc) is 2.27. The topological polar surface area (TPSA) is 50.7 Å². The molecule has 0 aliphatic heterocycles. The third kappa shape index (κ3) is 2.76. The Kier molecular flexibility index (Phi) is 3.10. The Morgan fingerprint density at radius 1 is 1.25 bits per heavy atom. The van der Waals surface area contributed by atoms with Crippen molar-refractivity contribution in [2.75, 3.05) is 5.32 Å². The lowest BCUT2D eigenvalue weighted by atomic mass is 10.1. The highest BCUT2D eigenvalue weighted by Crippen LogP contribution is 2.06. The Labute approximate surface area is 94.8 Å². The molecule has 0 unspecified atom stereocenters. The molecule has 1 heterocycles. The number of hydrogen-bond donors (Lipinski definition) is 1. The minimum Gasteiger partial charge on any atom is -0.349 e. The standard InChI is InChI=1S/C12H14N4/c1-9-4-3-5-11(6-9)8-13-12-15-10(2)7-14-16-12/h3-7H,8H2,1-2H3,(H,13,15,16). The van der Waals surface area contributed by atoms with Crippen LogP contribution in [0.15, 0.2) is 30.5 Å². The smallest absolute Gasteiger partial charge is 0.243 e. The van der Waals surface area contributed by atoms with Crippen LogP contribution in [0.2, 0.25) is 0 Å². The first-order valence-corrected chi connectivity index (χ1v) is 5.20. The Bertz CT molecular complexity index is 436. The van der Waals surface area contributed by atoms with E-state index in [-0.39, 0.29) is 0 Å². The van der Waals surface area contributed by atoms with Crippen molar-refractivity contribution in [2.24, 2.45) is 0 Å². The number of rotatable bonds is 3. The summed E-state index contributed by atoms with van der Waals surface area (Å²) in [5.74, 6) is 0.571. The van der Waals surface area contributed by atoms with E-state index >= 15 is 0 Å². The molecule has 16 heavy (non-hydrogen) atoms. The molecule has 0 amide bonds. The lowest BCUT2D eigenvalue weighted by Crippen LogP contribution is -2.05. The molecule has 0 spiro atoms. The molecule has 0 radical (unpaired) electrons. The molecule has 0 aliphatic rings. The Morgan fingerprint density at radius 3 is 2.88 bits per heavy atom. The summed E-state index contributed by atoms with van der Waals surface area (Å²) >= 11 is 0. The van der Waals surface area contributed by atoms with Gasteiger partial charge in [0.15, 0.2) is 0 Å². The van der Waals surface area contributed by atoms with Gasteiger partial charge in [0.05, 0.1) is 11.9 Å². The van der Waals surface area contributed by atoms with E-state index in [1.807, 2.05) is 13.0 Å². The zero-order valence-electron chi connectivity index (χ0n) is 9.44. The second-order valence-corrected chi connectivity index (χ2v) is 3.76. The van der Waals surface area contributed by atoms with E-state index in [9.17, 15) is 0 Å². The summed E-state index contributed by atoms with van der Waals surface area (Å²) in [6.45, 7) is 4.69. The minimum atomic E-state index is 0.571. The number of nitrogens with one attached hydrogen (secondary N) is 1. The first-order valence-electron chi connectivity index (χ1n) is 5.20. The second kappa shape index (κ2) is 4.70. The zero-order chi connectivity index (χ0) is 11.4. The van der Waals surface area contributed by atoms with E-state index < -0.39 is 0 Å². The van der Waals surface area contributed by atoms with Crippen LogP contribution in [0.1, 0.15) is 16.8 Å². The maximum Gasteiger partial charge on any atom is 0.243 e. The van der Waals surface area contributed by atoms with Crippen molar-refractivity contribution < 1.29 is 0 Å². The SMILES string of the molecule is Cc1cccc(CNc2nncc(C)n2)c1. The molecular formula is C12H14N4. The van der Waals surface area contributed by atoms with Gasteiger partial charge in [0, 0.05) is 6.54 Å². The molecule has 4 heteroatoms. The van der Waals surface area contributed by atoms with Crippen LogP contribution in [0.25, 0.3) is 0 Å². The molecule has 1 N–H and O–H groups in total. The summed E-state index contributed by atoms with van der Waals surface area (Å²) in [5, 5.41) is 10.9. The molecular weight excluding hydrogens is 200 g/mol. The summed E-state index contributed by atoms with van der Waals surface area (Å²) < 4.78 is 0. The van der Waals surface area contributed by atoms with Gasteiger partial charge >= 0.3 is 0 Å². The molecule has 82 valence electrons. The summed E-state index contributed by atoms with van der Waals surface area (Å²) in [6, 6.07) is 8.33. The van der Waals surface area contributed by atoms with Crippen LogP contribution >= 0.6 is 0 Å². The molecule has 0 saturated heterocycles. The van der Waals surface area contributed by atoms with Crippen LogP contribution in [-0.2, 0) is 6.54 Å². The molecule has 0 fully saturated rings. The number of aryl methyl sites for hydroxylation is 2. The van der Waals surface area contributed by atoms with Gasteiger partial charge in [-0.3, -0.25) is 0 Å². The number of hydrogen-bond acceptors (Lipinski definition) is 4. The minimum absolute atomic E-state index is 0.571. The highest BCUT2D eigenvalue weighted by Gasteiger charge is 1.97. The van der Waals surface area contributed by atoms with Crippen LogP contribution < -0.4 is 5.32 Å². The van der Waals surface area contributed by atoms with Gasteiger partial charge in [0.1, 0.15) is 0 Å². The fourth-order valence-corrected chi connectivity index (χ4v) is 1.46. The van der Waals surface area contributed by atoms with Crippen LogP contribution in [0, 0.1) is 13.8 Å². The van der Waals surface area contributed by atoms with Crippen molar-refractivity contribution in [1.82, 2.24) is 15.2 Å². The van der Waals surface area contributed by atoms with Gasteiger partial charge in [-0.05, 0) is 19.4 Å². The Morgan fingerprint density at radius 2 is 2.12 bits per heavy atom. The van der Waals surface area contributed by atoms with Crippen LogP contribution in [0.3, 0.4) is 0 Å². The van der Waals surface area contributed by atoms with Crippen LogP contribution in [-0.4, -0.2) is 15.2 Å². The molecule has 2 aromatic rings. The molecule has 1 aromatic heterocycles. The van der Waals surface area contributed by atoms with Crippen LogP contribution in [0.5, 0.6) is 0 Å². The first kappa shape index (κ1) is 10.5. The lowest BCUT2D eigenvalue weighted by molar-refractivity contribution is 0.921. The number of benzene rings is 1. The van der Waals surface area contributed by atoms with Crippen molar-refractivity contribution in [1.29, 1.82) is 0 Å². The number of anilines is 1. The van der Waals surface area contributed by atoms with Crippen molar-refractivity contribution in [3.63, 3.8) is 0 Å². The largest absolute Gasteiger partial charge is 0.349 e.